The van der Waals surface area contributed by atoms with E-state index >= 15 is 0 Å². The van der Waals surface area contributed by atoms with E-state index in [9.17, 15) is 0 Å². The zero-order valence-corrected chi connectivity index (χ0v) is 15.6. The highest BCUT2D eigenvalue weighted by molar-refractivity contribution is 9.10. The fraction of sp³-hybridized carbons (Fsp3) is 0.412. The molecule has 0 unspecified atom stereocenters. The Morgan fingerprint density at radius 3 is 2.73 bits per heavy atom. The molecule has 0 saturated carbocycles. The highest BCUT2D eigenvalue weighted by Gasteiger charge is 2.13. The van der Waals surface area contributed by atoms with Gasteiger partial charge in [0.25, 0.3) is 0 Å². The number of nitrogens with one attached hydrogen (secondary N) is 1. The average molecular weight is 384 g/mol. The van der Waals surface area contributed by atoms with Crippen molar-refractivity contribution < 1.29 is 9.47 Å². The summed E-state index contributed by atoms with van der Waals surface area (Å²) in [5.41, 5.74) is 1.17. The van der Waals surface area contributed by atoms with Crippen LogP contribution in [0, 0.1) is 0 Å². The zero-order valence-electron chi connectivity index (χ0n) is 13.2. The van der Waals surface area contributed by atoms with Crippen molar-refractivity contribution in [3.05, 3.63) is 44.6 Å². The summed E-state index contributed by atoms with van der Waals surface area (Å²) in [5, 5.41) is 5.55. The van der Waals surface area contributed by atoms with Crippen LogP contribution in [0.2, 0.25) is 0 Å². The molecule has 1 N–H and O–H groups in total. The molecule has 3 nitrogen and oxygen atoms in total. The van der Waals surface area contributed by atoms with Crippen LogP contribution < -0.4 is 14.8 Å². The minimum atomic E-state index is 0.110. The molecule has 0 aliphatic rings. The lowest BCUT2D eigenvalue weighted by atomic mass is 10.2. The number of hydrogen-bond donors (Lipinski definition) is 1. The molecule has 1 heterocycles. The van der Waals surface area contributed by atoms with Gasteiger partial charge in [0, 0.05) is 18.0 Å². The summed E-state index contributed by atoms with van der Waals surface area (Å²) in [6.07, 6.45) is 0.110. The predicted molar refractivity (Wildman–Crippen MR) is 95.9 cm³/mol. The third-order valence-electron chi connectivity index (χ3n) is 2.93. The van der Waals surface area contributed by atoms with Gasteiger partial charge in [-0.05, 0) is 65.8 Å². The molecule has 2 aromatic rings. The first kappa shape index (κ1) is 17.3. The highest BCUT2D eigenvalue weighted by atomic mass is 79.9. The molecule has 0 radical (unpaired) electrons. The maximum Gasteiger partial charge on any atom is 0.175 e. The van der Waals surface area contributed by atoms with Gasteiger partial charge in [0.05, 0.1) is 17.2 Å². The van der Waals surface area contributed by atoms with Crippen LogP contribution in [0.5, 0.6) is 11.5 Å². The second-order valence-corrected chi connectivity index (χ2v) is 7.07. The van der Waals surface area contributed by atoms with Crippen molar-refractivity contribution in [3.8, 4) is 11.5 Å². The molecular formula is C17H22BrNO2S. The van der Waals surface area contributed by atoms with Crippen molar-refractivity contribution in [3.63, 3.8) is 0 Å². The average Bonchev–Trinajstić information content (AvgIpc) is 2.96. The third-order valence-corrected chi connectivity index (χ3v) is 4.40. The van der Waals surface area contributed by atoms with Gasteiger partial charge in [-0.3, -0.25) is 0 Å². The Bertz CT molecular complexity index is 585. The maximum absolute atomic E-state index is 5.86. The minimum absolute atomic E-state index is 0.110. The second kappa shape index (κ2) is 8.56. The predicted octanol–water partition coefficient (Wildman–Crippen LogP) is 4.99. The molecule has 0 saturated heterocycles. The molecule has 5 heteroatoms. The summed E-state index contributed by atoms with van der Waals surface area (Å²) in [4.78, 5) is 1.34. The van der Waals surface area contributed by atoms with Crippen LogP contribution in [-0.2, 0) is 13.1 Å². The van der Waals surface area contributed by atoms with Crippen LogP contribution in [0.3, 0.4) is 0 Å². The lowest BCUT2D eigenvalue weighted by Crippen LogP contribution is -2.13. The fourth-order valence-corrected chi connectivity index (χ4v) is 3.34. The van der Waals surface area contributed by atoms with Crippen LogP contribution in [0.15, 0.2) is 34.1 Å². The fourth-order valence-electron chi connectivity index (χ4n) is 2.08. The number of rotatable bonds is 8. The van der Waals surface area contributed by atoms with Crippen LogP contribution >= 0.6 is 27.3 Å². The molecule has 0 atom stereocenters. The molecule has 1 aromatic carbocycles. The van der Waals surface area contributed by atoms with Crippen LogP contribution in [0.1, 0.15) is 31.2 Å². The zero-order chi connectivity index (χ0) is 15.9. The first-order valence-electron chi connectivity index (χ1n) is 7.45. The SMILES string of the molecule is CCOc1cc(CNCc2cccs2)cc(Br)c1OC(C)C. The Balaban J connectivity index is 2.07. The second-order valence-electron chi connectivity index (χ2n) is 5.19. The van der Waals surface area contributed by atoms with Crippen LogP contribution in [-0.4, -0.2) is 12.7 Å². The first-order valence-corrected chi connectivity index (χ1v) is 9.12. The summed E-state index contributed by atoms with van der Waals surface area (Å²) >= 11 is 5.36. The van der Waals surface area contributed by atoms with Crippen LogP contribution in [0.4, 0.5) is 0 Å². The summed E-state index contributed by atoms with van der Waals surface area (Å²) < 4.78 is 12.5. The quantitative estimate of drug-likeness (QED) is 0.696. The molecular weight excluding hydrogens is 362 g/mol. The van der Waals surface area contributed by atoms with Gasteiger partial charge in [-0.15, -0.1) is 11.3 Å². The van der Waals surface area contributed by atoms with Gasteiger partial charge in [0.1, 0.15) is 0 Å². The Morgan fingerprint density at radius 2 is 2.09 bits per heavy atom. The molecule has 1 aromatic heterocycles. The Labute approximate surface area is 144 Å². The monoisotopic (exact) mass is 383 g/mol. The third kappa shape index (κ3) is 5.00. The smallest absolute Gasteiger partial charge is 0.175 e. The molecule has 0 bridgehead atoms. The molecule has 0 aliphatic heterocycles. The van der Waals surface area contributed by atoms with Crippen LogP contribution in [0.25, 0.3) is 0 Å². The van der Waals surface area contributed by atoms with Gasteiger partial charge in [-0.1, -0.05) is 6.07 Å². The summed E-state index contributed by atoms with van der Waals surface area (Å²) in [6, 6.07) is 8.34. The van der Waals surface area contributed by atoms with E-state index in [1.165, 1.54) is 10.4 Å². The lowest BCUT2D eigenvalue weighted by Gasteiger charge is -2.17. The first-order chi connectivity index (χ1) is 10.6. The van der Waals surface area contributed by atoms with E-state index in [-0.39, 0.29) is 6.10 Å². The maximum atomic E-state index is 5.86. The molecule has 0 amide bonds. The molecule has 120 valence electrons. The largest absolute Gasteiger partial charge is 0.490 e. The molecule has 2 rings (SSSR count). The lowest BCUT2D eigenvalue weighted by molar-refractivity contribution is 0.222. The van der Waals surface area contributed by atoms with Crippen molar-refractivity contribution >= 4 is 27.3 Å². The molecule has 0 aliphatic carbocycles. The minimum Gasteiger partial charge on any atom is -0.490 e. The van der Waals surface area contributed by atoms with Gasteiger partial charge in [-0.25, -0.2) is 0 Å². The van der Waals surface area contributed by atoms with E-state index < -0.39 is 0 Å². The Hall–Kier alpha value is -1.04. The molecule has 0 spiro atoms. The van der Waals surface area contributed by atoms with E-state index in [4.69, 9.17) is 9.47 Å². The van der Waals surface area contributed by atoms with Crippen molar-refractivity contribution in [2.75, 3.05) is 6.61 Å². The van der Waals surface area contributed by atoms with E-state index in [2.05, 4.69) is 44.8 Å². The van der Waals surface area contributed by atoms with Crippen molar-refractivity contribution in [2.45, 2.75) is 40.0 Å². The van der Waals surface area contributed by atoms with E-state index in [0.717, 1.165) is 29.1 Å². The van der Waals surface area contributed by atoms with Crippen molar-refractivity contribution in [1.29, 1.82) is 0 Å². The van der Waals surface area contributed by atoms with Crippen molar-refractivity contribution in [2.24, 2.45) is 0 Å². The number of hydrogen-bond acceptors (Lipinski definition) is 4. The van der Waals surface area contributed by atoms with Crippen molar-refractivity contribution in [1.82, 2.24) is 5.32 Å². The Kier molecular flexibility index (Phi) is 6.73. The summed E-state index contributed by atoms with van der Waals surface area (Å²) in [7, 11) is 0. The Morgan fingerprint density at radius 1 is 1.27 bits per heavy atom. The van der Waals surface area contributed by atoms with E-state index in [0.29, 0.717) is 6.61 Å². The van der Waals surface area contributed by atoms with E-state index in [1.54, 1.807) is 11.3 Å². The topological polar surface area (TPSA) is 30.5 Å². The number of thiophene rings is 1. The molecule has 22 heavy (non-hydrogen) atoms. The normalized spacial score (nSPS) is 11.0. The van der Waals surface area contributed by atoms with Gasteiger partial charge >= 0.3 is 0 Å². The standard InChI is InChI=1S/C17H22BrNO2S/c1-4-20-16-9-13(8-15(18)17(16)21-12(2)3)10-19-11-14-6-5-7-22-14/h5-9,12,19H,4,10-11H2,1-3H3. The number of ether oxygens (including phenoxy) is 2. The molecule has 0 fully saturated rings. The highest BCUT2D eigenvalue weighted by Crippen LogP contribution is 2.37. The van der Waals surface area contributed by atoms with Gasteiger partial charge < -0.3 is 14.8 Å². The van der Waals surface area contributed by atoms with Gasteiger partial charge in [0.2, 0.25) is 0 Å². The van der Waals surface area contributed by atoms with Gasteiger partial charge in [0.15, 0.2) is 11.5 Å². The summed E-state index contributed by atoms with van der Waals surface area (Å²) in [6.45, 7) is 8.29. The number of halogens is 1. The van der Waals surface area contributed by atoms with Gasteiger partial charge in [-0.2, -0.15) is 0 Å². The summed E-state index contributed by atoms with van der Waals surface area (Å²) in [5.74, 6) is 1.57. The van der Waals surface area contributed by atoms with E-state index in [1.807, 2.05) is 26.8 Å². The number of benzene rings is 1.